The van der Waals surface area contributed by atoms with Crippen LogP contribution in [0.15, 0.2) is 71.6 Å². The van der Waals surface area contributed by atoms with Crippen LogP contribution in [0.25, 0.3) is 0 Å². The molecule has 0 fully saturated rings. The van der Waals surface area contributed by atoms with Crippen LogP contribution in [0.3, 0.4) is 0 Å². The van der Waals surface area contributed by atoms with E-state index in [1.165, 1.54) is 30.3 Å². The quantitative estimate of drug-likeness (QED) is 0.410. The molecule has 150 valence electrons. The molecule has 0 bridgehead atoms. The molecule has 29 heavy (non-hydrogen) atoms. The number of rotatable bonds is 7. The number of nitro benzene ring substituents is 1. The summed E-state index contributed by atoms with van der Waals surface area (Å²) in [6.07, 6.45) is 0. The first kappa shape index (κ1) is 20.6. The van der Waals surface area contributed by atoms with Gasteiger partial charge in [0.1, 0.15) is 5.82 Å². The van der Waals surface area contributed by atoms with Gasteiger partial charge in [-0.15, -0.1) is 0 Å². The predicted molar refractivity (Wildman–Crippen MR) is 109 cm³/mol. The Morgan fingerprint density at radius 2 is 1.72 bits per heavy atom. The van der Waals surface area contributed by atoms with Crippen LogP contribution in [0.4, 0.5) is 21.5 Å². The first-order chi connectivity index (χ1) is 13.8. The van der Waals surface area contributed by atoms with Crippen molar-refractivity contribution < 1.29 is 17.7 Å². The molecule has 3 rings (SSSR count). The van der Waals surface area contributed by atoms with Crippen LogP contribution < -0.4 is 10.0 Å². The SMILES string of the molecule is O=[N+]([O-])c1ccc(S(=O)(=O)Nc2ccccc2CNc2ccc(F)c(Cl)c2)cc1. The molecule has 0 heterocycles. The monoisotopic (exact) mass is 435 g/mol. The summed E-state index contributed by atoms with van der Waals surface area (Å²) >= 11 is 5.76. The number of anilines is 2. The molecule has 0 saturated heterocycles. The van der Waals surface area contributed by atoms with Crippen LogP contribution in [-0.4, -0.2) is 13.3 Å². The largest absolute Gasteiger partial charge is 0.381 e. The Morgan fingerprint density at radius 1 is 1.03 bits per heavy atom. The normalized spacial score (nSPS) is 11.1. The van der Waals surface area contributed by atoms with Crippen LogP contribution >= 0.6 is 11.6 Å². The maximum Gasteiger partial charge on any atom is 0.269 e. The highest BCUT2D eigenvalue weighted by molar-refractivity contribution is 7.92. The maximum absolute atomic E-state index is 13.3. The Bertz CT molecular complexity index is 1150. The van der Waals surface area contributed by atoms with Crippen molar-refractivity contribution in [2.24, 2.45) is 0 Å². The minimum atomic E-state index is -3.94. The Kier molecular flexibility index (Phi) is 6.00. The third kappa shape index (κ3) is 5.01. The molecule has 7 nitrogen and oxygen atoms in total. The molecule has 0 saturated carbocycles. The molecule has 10 heteroatoms. The first-order valence-corrected chi connectivity index (χ1v) is 10.2. The smallest absolute Gasteiger partial charge is 0.269 e. The van der Waals surface area contributed by atoms with E-state index in [0.717, 1.165) is 12.1 Å². The van der Waals surface area contributed by atoms with Crippen molar-refractivity contribution in [3.05, 3.63) is 93.2 Å². The van der Waals surface area contributed by atoms with Gasteiger partial charge in [-0.3, -0.25) is 14.8 Å². The molecule has 0 amide bonds. The van der Waals surface area contributed by atoms with Crippen LogP contribution in [0.5, 0.6) is 0 Å². The highest BCUT2D eigenvalue weighted by atomic mass is 35.5. The van der Waals surface area contributed by atoms with Gasteiger partial charge in [-0.1, -0.05) is 29.8 Å². The van der Waals surface area contributed by atoms with Crippen LogP contribution in [0, 0.1) is 15.9 Å². The summed E-state index contributed by atoms with van der Waals surface area (Å²) in [7, 11) is -3.94. The van der Waals surface area contributed by atoms with Gasteiger partial charge in [-0.25, -0.2) is 12.8 Å². The van der Waals surface area contributed by atoms with Crippen molar-refractivity contribution in [3.63, 3.8) is 0 Å². The summed E-state index contributed by atoms with van der Waals surface area (Å²) in [6.45, 7) is 0.251. The summed E-state index contributed by atoms with van der Waals surface area (Å²) in [6, 6.07) is 15.5. The van der Waals surface area contributed by atoms with Crippen LogP contribution in [0.2, 0.25) is 5.02 Å². The molecule has 0 aliphatic carbocycles. The number of hydrogen-bond acceptors (Lipinski definition) is 5. The van der Waals surface area contributed by atoms with Gasteiger partial charge < -0.3 is 5.32 Å². The number of para-hydroxylation sites is 1. The number of nitrogens with one attached hydrogen (secondary N) is 2. The van der Waals surface area contributed by atoms with Gasteiger partial charge in [-0.05, 0) is 42.0 Å². The minimum absolute atomic E-state index is 0.0258. The number of non-ortho nitro benzene ring substituents is 1. The van der Waals surface area contributed by atoms with Crippen molar-refractivity contribution >= 4 is 38.7 Å². The Balaban J connectivity index is 1.79. The fraction of sp³-hybridized carbons (Fsp3) is 0.0526. The second-order valence-electron chi connectivity index (χ2n) is 6.00. The first-order valence-electron chi connectivity index (χ1n) is 8.30. The maximum atomic E-state index is 13.3. The zero-order valence-electron chi connectivity index (χ0n) is 14.8. The van der Waals surface area contributed by atoms with E-state index in [1.807, 2.05) is 0 Å². The summed E-state index contributed by atoms with van der Waals surface area (Å²) in [5.74, 6) is -0.534. The van der Waals surface area contributed by atoms with E-state index < -0.39 is 20.8 Å². The molecular weight excluding hydrogens is 421 g/mol. The topological polar surface area (TPSA) is 101 Å². The van der Waals surface area contributed by atoms with E-state index in [1.54, 1.807) is 24.3 Å². The van der Waals surface area contributed by atoms with E-state index in [0.29, 0.717) is 16.9 Å². The van der Waals surface area contributed by atoms with Crippen LogP contribution in [0.1, 0.15) is 5.56 Å². The highest BCUT2D eigenvalue weighted by Crippen LogP contribution is 2.24. The number of hydrogen-bond donors (Lipinski definition) is 2. The van der Waals surface area contributed by atoms with Gasteiger partial charge in [0.25, 0.3) is 15.7 Å². The molecule has 0 radical (unpaired) electrons. The van der Waals surface area contributed by atoms with E-state index >= 15 is 0 Å². The minimum Gasteiger partial charge on any atom is -0.381 e. The lowest BCUT2D eigenvalue weighted by Crippen LogP contribution is -2.15. The zero-order chi connectivity index (χ0) is 21.0. The molecule has 3 aromatic rings. The fourth-order valence-electron chi connectivity index (χ4n) is 2.53. The molecule has 0 aliphatic heterocycles. The average molecular weight is 436 g/mol. The second-order valence-corrected chi connectivity index (χ2v) is 8.09. The third-order valence-corrected chi connectivity index (χ3v) is 5.69. The molecule has 2 N–H and O–H groups in total. The Morgan fingerprint density at radius 3 is 2.38 bits per heavy atom. The standard InChI is InChI=1S/C19H15ClFN3O4S/c20-17-11-14(5-10-18(17)21)22-12-13-3-1-2-4-19(13)23-29(27,28)16-8-6-15(7-9-16)24(25)26/h1-11,22-23H,12H2. The third-order valence-electron chi connectivity index (χ3n) is 4.02. The van der Waals surface area contributed by atoms with E-state index in [9.17, 15) is 22.9 Å². The summed E-state index contributed by atoms with van der Waals surface area (Å²) in [5, 5.41) is 13.8. The number of halogens is 2. The second kappa shape index (κ2) is 8.46. The van der Waals surface area contributed by atoms with E-state index in [2.05, 4.69) is 10.0 Å². The van der Waals surface area contributed by atoms with Gasteiger partial charge in [0.05, 0.1) is 20.5 Å². The Labute approximate surface area is 171 Å². The van der Waals surface area contributed by atoms with Gasteiger partial charge >= 0.3 is 0 Å². The summed E-state index contributed by atoms with van der Waals surface area (Å²) in [4.78, 5) is 10.0. The highest BCUT2D eigenvalue weighted by Gasteiger charge is 2.17. The van der Waals surface area contributed by atoms with Gasteiger partial charge in [0.15, 0.2) is 0 Å². The van der Waals surface area contributed by atoms with E-state index in [-0.39, 0.29) is 22.2 Å². The fourth-order valence-corrected chi connectivity index (χ4v) is 3.81. The molecular formula is C19H15ClFN3O4S. The van der Waals surface area contributed by atoms with Crippen molar-refractivity contribution in [2.75, 3.05) is 10.0 Å². The number of nitro groups is 1. The van der Waals surface area contributed by atoms with Crippen LogP contribution in [-0.2, 0) is 16.6 Å². The summed E-state index contributed by atoms with van der Waals surface area (Å²) < 4.78 is 41.0. The van der Waals surface area contributed by atoms with Gasteiger partial charge in [-0.2, -0.15) is 0 Å². The number of nitrogens with zero attached hydrogens (tertiary/aromatic N) is 1. The predicted octanol–water partition coefficient (Wildman–Crippen LogP) is 4.80. The van der Waals surface area contributed by atoms with Gasteiger partial charge in [0.2, 0.25) is 0 Å². The molecule has 0 spiro atoms. The lowest BCUT2D eigenvalue weighted by Gasteiger charge is -2.14. The molecule has 0 unspecified atom stereocenters. The number of benzene rings is 3. The van der Waals surface area contributed by atoms with Crippen molar-refractivity contribution in [1.82, 2.24) is 0 Å². The molecule has 0 atom stereocenters. The lowest BCUT2D eigenvalue weighted by atomic mass is 10.2. The average Bonchev–Trinajstić information content (AvgIpc) is 2.69. The molecule has 3 aromatic carbocycles. The summed E-state index contributed by atoms with van der Waals surface area (Å²) in [5.41, 5.74) is 1.35. The Hall–Kier alpha value is -3.17. The van der Waals surface area contributed by atoms with Gasteiger partial charge in [0, 0.05) is 24.4 Å². The molecule has 0 aromatic heterocycles. The van der Waals surface area contributed by atoms with Crippen molar-refractivity contribution in [3.8, 4) is 0 Å². The molecule has 0 aliphatic rings. The lowest BCUT2D eigenvalue weighted by molar-refractivity contribution is -0.384. The number of sulfonamides is 1. The van der Waals surface area contributed by atoms with Crippen molar-refractivity contribution in [1.29, 1.82) is 0 Å². The van der Waals surface area contributed by atoms with Crippen molar-refractivity contribution in [2.45, 2.75) is 11.4 Å². The zero-order valence-corrected chi connectivity index (χ0v) is 16.4. The van der Waals surface area contributed by atoms with E-state index in [4.69, 9.17) is 11.6 Å².